The monoisotopic (exact) mass is 503 g/mol. The summed E-state index contributed by atoms with van der Waals surface area (Å²) in [5.41, 5.74) is 1.14. The molecule has 0 fully saturated rings. The Hall–Kier alpha value is -1.23. The van der Waals surface area contributed by atoms with Crippen molar-refractivity contribution < 1.29 is 0 Å². The highest BCUT2D eigenvalue weighted by Gasteiger charge is 2.24. The van der Waals surface area contributed by atoms with E-state index in [1.165, 1.54) is 4.88 Å². The number of hydrogen-bond acceptors (Lipinski definition) is 5. The second kappa shape index (κ2) is 9.81. The Morgan fingerprint density at radius 1 is 1.33 bits per heavy atom. The third-order valence-electron chi connectivity index (χ3n) is 4.70. The number of rotatable bonds is 5. The van der Waals surface area contributed by atoms with Crippen molar-refractivity contribution in [3.8, 4) is 0 Å². The Labute approximate surface area is 182 Å². The van der Waals surface area contributed by atoms with Crippen LogP contribution in [0, 0.1) is 13.8 Å². The molecular weight excluding hydrogens is 473 g/mol. The summed E-state index contributed by atoms with van der Waals surface area (Å²) in [6, 6.07) is 0.342. The van der Waals surface area contributed by atoms with Gasteiger partial charge >= 0.3 is 0 Å². The van der Waals surface area contributed by atoms with Gasteiger partial charge in [0.1, 0.15) is 11.6 Å². The lowest BCUT2D eigenvalue weighted by atomic mass is 10.1. The Balaban J connectivity index is 0.00000261. The van der Waals surface area contributed by atoms with E-state index in [4.69, 9.17) is 0 Å². The molecule has 2 aromatic heterocycles. The van der Waals surface area contributed by atoms with Crippen LogP contribution in [-0.4, -0.2) is 45.3 Å². The van der Waals surface area contributed by atoms with Gasteiger partial charge in [0.2, 0.25) is 0 Å². The van der Waals surface area contributed by atoms with Gasteiger partial charge in [-0.3, -0.25) is 4.99 Å². The van der Waals surface area contributed by atoms with Gasteiger partial charge in [-0.15, -0.1) is 45.5 Å². The lowest BCUT2D eigenvalue weighted by Crippen LogP contribution is -2.47. The van der Waals surface area contributed by atoms with Crippen LogP contribution in [0.25, 0.3) is 0 Å². The first-order valence-corrected chi connectivity index (χ1v) is 10.1. The molecule has 0 aliphatic carbocycles. The minimum atomic E-state index is 0. The number of aliphatic imine (C=N–C) groups is 1. The van der Waals surface area contributed by atoms with Crippen LogP contribution in [0.5, 0.6) is 0 Å². The molecule has 0 saturated heterocycles. The van der Waals surface area contributed by atoms with Crippen molar-refractivity contribution in [3.63, 3.8) is 0 Å². The molecule has 3 heterocycles. The molecule has 0 aromatic carbocycles. The summed E-state index contributed by atoms with van der Waals surface area (Å²) in [6.07, 6.45) is 2.97. The highest BCUT2D eigenvalue weighted by Crippen LogP contribution is 2.20. The molecule has 0 radical (unpaired) electrons. The molecular formula is C18H30IN7S. The quantitative estimate of drug-likeness (QED) is 0.373. The predicted octanol–water partition coefficient (Wildman–Crippen LogP) is 2.82. The molecule has 7 nitrogen and oxygen atoms in total. The molecule has 0 saturated carbocycles. The average molecular weight is 503 g/mol. The largest absolute Gasteiger partial charge is 0.356 e. The topological polar surface area (TPSA) is 80.0 Å². The van der Waals surface area contributed by atoms with Crippen LogP contribution >= 0.6 is 35.3 Å². The van der Waals surface area contributed by atoms with Crippen LogP contribution in [0.2, 0.25) is 0 Å². The van der Waals surface area contributed by atoms with E-state index in [0.717, 1.165) is 60.7 Å². The third kappa shape index (κ3) is 5.40. The van der Waals surface area contributed by atoms with Gasteiger partial charge < -0.3 is 15.2 Å². The van der Waals surface area contributed by atoms with Crippen molar-refractivity contribution in [2.75, 3.05) is 13.6 Å². The maximum Gasteiger partial charge on any atom is 0.191 e. The fraction of sp³-hybridized carbons (Fsp3) is 0.667. The SMILES string of the molecule is CN=C(NCCc1sc(C)nc1C)NC1CCc2nnc(C(C)C)n2C1.I. The number of aryl methyl sites for hydroxylation is 3. The van der Waals surface area contributed by atoms with Crippen molar-refractivity contribution in [1.82, 2.24) is 30.4 Å². The molecule has 1 atom stereocenters. The molecule has 0 amide bonds. The van der Waals surface area contributed by atoms with E-state index < -0.39 is 0 Å². The van der Waals surface area contributed by atoms with Crippen molar-refractivity contribution in [2.24, 2.45) is 4.99 Å². The number of nitrogens with one attached hydrogen (secondary N) is 2. The summed E-state index contributed by atoms with van der Waals surface area (Å²) in [7, 11) is 1.82. The van der Waals surface area contributed by atoms with Gasteiger partial charge in [-0.2, -0.15) is 0 Å². The predicted molar refractivity (Wildman–Crippen MR) is 121 cm³/mol. The van der Waals surface area contributed by atoms with Gasteiger partial charge in [0.15, 0.2) is 5.96 Å². The maximum absolute atomic E-state index is 4.49. The lowest BCUT2D eigenvalue weighted by molar-refractivity contribution is 0.408. The van der Waals surface area contributed by atoms with E-state index in [9.17, 15) is 0 Å². The van der Waals surface area contributed by atoms with Crippen molar-refractivity contribution in [3.05, 3.63) is 27.2 Å². The van der Waals surface area contributed by atoms with E-state index in [-0.39, 0.29) is 24.0 Å². The number of hydrogen-bond donors (Lipinski definition) is 2. The first-order valence-electron chi connectivity index (χ1n) is 9.30. The van der Waals surface area contributed by atoms with Crippen LogP contribution in [0.15, 0.2) is 4.99 Å². The highest BCUT2D eigenvalue weighted by atomic mass is 127. The van der Waals surface area contributed by atoms with Crippen LogP contribution in [0.3, 0.4) is 0 Å². The van der Waals surface area contributed by atoms with Gasteiger partial charge in [-0.05, 0) is 20.3 Å². The standard InChI is InChI=1S/C18H29N7S.HI/c1-11(2)17-24-23-16-7-6-14(10-25(16)17)22-18(19-5)20-9-8-15-12(3)21-13(4)26-15;/h11,14H,6-10H2,1-5H3,(H2,19,20,22);1H. The smallest absolute Gasteiger partial charge is 0.191 e. The minimum absolute atomic E-state index is 0. The third-order valence-corrected chi connectivity index (χ3v) is 5.83. The van der Waals surface area contributed by atoms with Crippen LogP contribution in [0.1, 0.15) is 53.4 Å². The summed E-state index contributed by atoms with van der Waals surface area (Å²) in [5.74, 6) is 3.42. The Morgan fingerprint density at radius 2 is 2.11 bits per heavy atom. The summed E-state index contributed by atoms with van der Waals surface area (Å²) >= 11 is 1.78. The van der Waals surface area contributed by atoms with Crippen molar-refractivity contribution >= 4 is 41.3 Å². The molecule has 2 N–H and O–H groups in total. The molecule has 150 valence electrons. The molecule has 0 bridgehead atoms. The average Bonchev–Trinajstić information content (AvgIpc) is 3.16. The maximum atomic E-state index is 4.49. The first-order chi connectivity index (χ1) is 12.5. The van der Waals surface area contributed by atoms with Gasteiger partial charge in [0.05, 0.1) is 10.7 Å². The minimum Gasteiger partial charge on any atom is -0.356 e. The van der Waals surface area contributed by atoms with Gasteiger partial charge in [0.25, 0.3) is 0 Å². The van der Waals surface area contributed by atoms with Crippen LogP contribution in [-0.2, 0) is 19.4 Å². The van der Waals surface area contributed by atoms with Crippen LogP contribution in [0.4, 0.5) is 0 Å². The molecule has 1 unspecified atom stereocenters. The van der Waals surface area contributed by atoms with E-state index in [2.05, 4.69) is 63.1 Å². The second-order valence-electron chi connectivity index (χ2n) is 7.11. The van der Waals surface area contributed by atoms with Gasteiger partial charge in [-0.25, -0.2) is 4.98 Å². The van der Waals surface area contributed by atoms with E-state index in [0.29, 0.717) is 12.0 Å². The fourth-order valence-electron chi connectivity index (χ4n) is 3.38. The first kappa shape index (κ1) is 22.1. The Kier molecular flexibility index (Phi) is 8.02. The van der Waals surface area contributed by atoms with Crippen molar-refractivity contribution in [1.29, 1.82) is 0 Å². The lowest BCUT2D eigenvalue weighted by Gasteiger charge is -2.27. The van der Waals surface area contributed by atoms with Crippen molar-refractivity contribution in [2.45, 2.75) is 65.5 Å². The Morgan fingerprint density at radius 3 is 2.74 bits per heavy atom. The zero-order chi connectivity index (χ0) is 18.7. The zero-order valence-electron chi connectivity index (χ0n) is 16.7. The molecule has 2 aromatic rings. The number of nitrogens with zero attached hydrogens (tertiary/aromatic N) is 5. The van der Waals surface area contributed by atoms with E-state index >= 15 is 0 Å². The number of aromatic nitrogens is 4. The molecule has 1 aliphatic rings. The molecule has 3 rings (SSSR count). The normalized spacial score (nSPS) is 16.8. The molecule has 1 aliphatic heterocycles. The van der Waals surface area contributed by atoms with E-state index in [1.807, 2.05) is 7.05 Å². The number of fused-ring (bicyclic) bond motifs is 1. The number of thiazole rings is 1. The molecule has 27 heavy (non-hydrogen) atoms. The van der Waals surface area contributed by atoms with E-state index in [1.54, 1.807) is 11.3 Å². The summed E-state index contributed by atoms with van der Waals surface area (Å²) < 4.78 is 2.27. The summed E-state index contributed by atoms with van der Waals surface area (Å²) in [4.78, 5) is 10.2. The number of halogens is 1. The Bertz CT molecular complexity index is 781. The number of guanidine groups is 1. The second-order valence-corrected chi connectivity index (χ2v) is 8.40. The summed E-state index contributed by atoms with van der Waals surface area (Å²) in [5, 5.41) is 16.8. The molecule has 9 heteroatoms. The summed E-state index contributed by atoms with van der Waals surface area (Å²) in [6.45, 7) is 10.2. The fourth-order valence-corrected chi connectivity index (χ4v) is 4.32. The molecule has 0 spiro atoms. The highest BCUT2D eigenvalue weighted by molar-refractivity contribution is 14.0. The van der Waals surface area contributed by atoms with Crippen LogP contribution < -0.4 is 10.6 Å². The van der Waals surface area contributed by atoms with Gasteiger partial charge in [-0.1, -0.05) is 13.8 Å². The zero-order valence-corrected chi connectivity index (χ0v) is 19.9. The van der Waals surface area contributed by atoms with Gasteiger partial charge in [0, 0.05) is 49.8 Å².